The Morgan fingerprint density at radius 2 is 1.50 bits per heavy atom. The molecule has 2 aromatic carbocycles. The molecule has 0 aliphatic rings. The Morgan fingerprint density at radius 1 is 0.857 bits per heavy atom. The van der Waals surface area contributed by atoms with E-state index in [2.05, 4.69) is 35.8 Å². The van der Waals surface area contributed by atoms with Crippen molar-refractivity contribution in [1.82, 2.24) is 24.8 Å². The maximum absolute atomic E-state index is 4.43. The van der Waals surface area contributed by atoms with Crippen LogP contribution >= 0.6 is 0 Å². The van der Waals surface area contributed by atoms with Gasteiger partial charge in [0.2, 0.25) is 0 Å². The third-order valence-electron chi connectivity index (χ3n) is 4.46. The molecule has 5 aromatic rings. The van der Waals surface area contributed by atoms with Gasteiger partial charge in [0.15, 0.2) is 0 Å². The molecule has 0 saturated heterocycles. The minimum absolute atomic E-state index is 0.423. The SMILES string of the molecule is C(=N/Nc1nncn1/N=C\c1c[nH]c2ccccc12)/c1c[nH]c2ccccc12. The largest absolute Gasteiger partial charge is 0.361 e. The first-order chi connectivity index (χ1) is 13.9. The average molecular weight is 368 g/mol. The lowest BCUT2D eigenvalue weighted by Crippen LogP contribution is -1.99. The number of H-pyrrole nitrogens is 2. The monoisotopic (exact) mass is 368 g/mol. The molecule has 8 nitrogen and oxygen atoms in total. The van der Waals surface area contributed by atoms with Gasteiger partial charge in [0.1, 0.15) is 6.33 Å². The standard InChI is InChI=1S/C20H16N8/c1-3-7-18-16(5-1)14(9-21-18)11-23-26-20-27-24-13-28(20)25-12-15-10-22-19-8-4-2-6-17(15)19/h1-13,21-22H,(H,26,27)/b23-11-,25-12-. The Kier molecular flexibility index (Phi) is 3.91. The van der Waals surface area contributed by atoms with E-state index in [1.165, 1.54) is 11.0 Å². The number of hydrazone groups is 1. The zero-order valence-electron chi connectivity index (χ0n) is 14.7. The van der Waals surface area contributed by atoms with Crippen LogP contribution in [-0.2, 0) is 0 Å². The normalized spacial score (nSPS) is 12.0. The van der Waals surface area contributed by atoms with E-state index in [0.717, 1.165) is 32.9 Å². The highest BCUT2D eigenvalue weighted by Crippen LogP contribution is 2.17. The zero-order chi connectivity index (χ0) is 18.8. The van der Waals surface area contributed by atoms with Crippen LogP contribution in [0.3, 0.4) is 0 Å². The molecule has 136 valence electrons. The lowest BCUT2D eigenvalue weighted by molar-refractivity contribution is 0.879. The Balaban J connectivity index is 1.35. The number of para-hydroxylation sites is 2. The van der Waals surface area contributed by atoms with Crippen molar-refractivity contribution in [1.29, 1.82) is 0 Å². The molecule has 8 heteroatoms. The third kappa shape index (κ3) is 2.92. The number of benzene rings is 2. The fourth-order valence-electron chi connectivity index (χ4n) is 3.07. The van der Waals surface area contributed by atoms with Gasteiger partial charge >= 0.3 is 0 Å². The van der Waals surface area contributed by atoms with Crippen LogP contribution in [0.5, 0.6) is 0 Å². The molecule has 0 spiro atoms. The van der Waals surface area contributed by atoms with Crippen molar-refractivity contribution in [2.24, 2.45) is 10.2 Å². The summed E-state index contributed by atoms with van der Waals surface area (Å²) in [5.74, 6) is 0.423. The molecule has 0 unspecified atom stereocenters. The molecule has 0 saturated carbocycles. The van der Waals surface area contributed by atoms with Crippen LogP contribution in [0.15, 0.2) is 77.5 Å². The molecule has 0 aliphatic heterocycles. The number of anilines is 1. The van der Waals surface area contributed by atoms with Gasteiger partial charge in [-0.25, -0.2) is 5.43 Å². The summed E-state index contributed by atoms with van der Waals surface area (Å²) in [6.07, 6.45) is 8.85. The summed E-state index contributed by atoms with van der Waals surface area (Å²) in [6.45, 7) is 0. The van der Waals surface area contributed by atoms with Crippen LogP contribution in [0, 0.1) is 0 Å². The maximum Gasteiger partial charge on any atom is 0.265 e. The molecular weight excluding hydrogens is 352 g/mol. The molecular formula is C20H16N8. The van der Waals surface area contributed by atoms with Gasteiger partial charge in [-0.1, -0.05) is 36.4 Å². The molecule has 5 rings (SSSR count). The topological polar surface area (TPSA) is 99.0 Å². The van der Waals surface area contributed by atoms with Crippen LogP contribution in [-0.4, -0.2) is 37.3 Å². The van der Waals surface area contributed by atoms with Crippen LogP contribution < -0.4 is 5.43 Å². The number of fused-ring (bicyclic) bond motifs is 2. The molecule has 0 fully saturated rings. The van der Waals surface area contributed by atoms with Crippen molar-refractivity contribution >= 4 is 40.2 Å². The van der Waals surface area contributed by atoms with Crippen molar-refractivity contribution < 1.29 is 0 Å². The molecule has 0 bridgehead atoms. The van der Waals surface area contributed by atoms with E-state index in [-0.39, 0.29) is 0 Å². The summed E-state index contributed by atoms with van der Waals surface area (Å²) < 4.78 is 1.54. The van der Waals surface area contributed by atoms with Crippen LogP contribution in [0.4, 0.5) is 5.95 Å². The second kappa shape index (κ2) is 6.84. The van der Waals surface area contributed by atoms with E-state index < -0.39 is 0 Å². The summed E-state index contributed by atoms with van der Waals surface area (Å²) in [5, 5.41) is 18.8. The number of aromatic amines is 2. The smallest absolute Gasteiger partial charge is 0.265 e. The zero-order valence-corrected chi connectivity index (χ0v) is 14.7. The van der Waals surface area contributed by atoms with Crippen molar-refractivity contribution in [2.45, 2.75) is 0 Å². The summed E-state index contributed by atoms with van der Waals surface area (Å²) in [4.78, 5) is 6.44. The van der Waals surface area contributed by atoms with Crippen molar-refractivity contribution in [2.75, 3.05) is 5.43 Å². The summed E-state index contributed by atoms with van der Waals surface area (Å²) >= 11 is 0. The Morgan fingerprint density at radius 3 is 2.21 bits per heavy atom. The minimum atomic E-state index is 0.423. The van der Waals surface area contributed by atoms with Gasteiger partial charge in [-0.3, -0.25) is 0 Å². The number of nitrogens with one attached hydrogen (secondary N) is 3. The first-order valence-corrected chi connectivity index (χ1v) is 8.74. The summed E-state index contributed by atoms with van der Waals surface area (Å²) in [5.41, 5.74) is 6.98. The van der Waals surface area contributed by atoms with Crippen LogP contribution in [0.25, 0.3) is 21.8 Å². The Hall–Kier alpha value is -4.20. The summed E-state index contributed by atoms with van der Waals surface area (Å²) in [7, 11) is 0. The number of hydrogen-bond acceptors (Lipinski definition) is 5. The van der Waals surface area contributed by atoms with Gasteiger partial charge in [-0.15, -0.1) is 10.2 Å². The van der Waals surface area contributed by atoms with Crippen LogP contribution in [0.1, 0.15) is 11.1 Å². The highest BCUT2D eigenvalue weighted by molar-refractivity contribution is 5.99. The quantitative estimate of drug-likeness (QED) is 0.327. The minimum Gasteiger partial charge on any atom is -0.361 e. The van der Waals surface area contributed by atoms with Gasteiger partial charge < -0.3 is 9.97 Å². The highest BCUT2D eigenvalue weighted by atomic mass is 15.5. The molecule has 3 heterocycles. The lowest BCUT2D eigenvalue weighted by atomic mass is 10.2. The van der Waals surface area contributed by atoms with Crippen LogP contribution in [0.2, 0.25) is 0 Å². The molecule has 3 aromatic heterocycles. The Bertz CT molecular complexity index is 1300. The van der Waals surface area contributed by atoms with Crippen molar-refractivity contribution in [3.8, 4) is 0 Å². The van der Waals surface area contributed by atoms with Gasteiger partial charge in [0.25, 0.3) is 5.95 Å². The molecule has 3 N–H and O–H groups in total. The number of rotatable bonds is 5. The van der Waals surface area contributed by atoms with E-state index in [4.69, 9.17) is 0 Å². The van der Waals surface area contributed by atoms with Gasteiger partial charge in [0, 0.05) is 45.3 Å². The molecule has 0 radical (unpaired) electrons. The van der Waals surface area contributed by atoms with Gasteiger partial charge in [0.05, 0.1) is 12.4 Å². The second-order valence-corrected chi connectivity index (χ2v) is 6.19. The van der Waals surface area contributed by atoms with Crippen molar-refractivity contribution in [3.63, 3.8) is 0 Å². The predicted molar refractivity (Wildman–Crippen MR) is 111 cm³/mol. The number of hydrogen-bond donors (Lipinski definition) is 3. The fraction of sp³-hybridized carbons (Fsp3) is 0. The van der Waals surface area contributed by atoms with E-state index in [0.29, 0.717) is 5.95 Å². The molecule has 0 amide bonds. The Labute approximate surface area is 159 Å². The highest BCUT2D eigenvalue weighted by Gasteiger charge is 2.04. The van der Waals surface area contributed by atoms with Gasteiger partial charge in [-0.05, 0) is 12.1 Å². The van der Waals surface area contributed by atoms with Crippen molar-refractivity contribution in [3.05, 3.63) is 78.4 Å². The molecule has 0 atom stereocenters. The molecule has 0 aliphatic carbocycles. The summed E-state index contributed by atoms with van der Waals surface area (Å²) in [6, 6.07) is 16.1. The van der Waals surface area contributed by atoms with E-state index in [1.807, 2.05) is 60.9 Å². The van der Waals surface area contributed by atoms with E-state index in [9.17, 15) is 0 Å². The average Bonchev–Trinajstić information content (AvgIpc) is 3.45. The van der Waals surface area contributed by atoms with Gasteiger partial charge in [-0.2, -0.15) is 14.9 Å². The fourth-order valence-corrected chi connectivity index (χ4v) is 3.07. The third-order valence-corrected chi connectivity index (χ3v) is 4.46. The van der Waals surface area contributed by atoms with E-state index >= 15 is 0 Å². The van der Waals surface area contributed by atoms with E-state index in [1.54, 1.807) is 12.4 Å². The number of nitrogens with zero attached hydrogens (tertiary/aromatic N) is 5. The first-order valence-electron chi connectivity index (χ1n) is 8.74. The predicted octanol–water partition coefficient (Wildman–Crippen LogP) is 3.57. The first kappa shape index (κ1) is 16.0. The second-order valence-electron chi connectivity index (χ2n) is 6.19. The molecule has 28 heavy (non-hydrogen) atoms. The number of aromatic nitrogens is 5. The maximum atomic E-state index is 4.43. The lowest BCUT2D eigenvalue weighted by Gasteiger charge is -1.98.